The van der Waals surface area contributed by atoms with E-state index in [9.17, 15) is 0 Å². The second-order valence-corrected chi connectivity index (χ2v) is 6.27. The molecular formula is C18H22N+. The van der Waals surface area contributed by atoms with Crippen molar-refractivity contribution in [3.05, 3.63) is 47.5 Å². The fourth-order valence-electron chi connectivity index (χ4n) is 3.32. The van der Waals surface area contributed by atoms with Gasteiger partial charge in [-0.05, 0) is 16.3 Å². The van der Waals surface area contributed by atoms with Crippen LogP contribution < -0.4 is 0 Å². The third kappa shape index (κ3) is 1.57. The standard InChI is InChI=1S/C18H22N/c1-12-15-11-10-14-8-6-7-9-16(14)17(15)13(2)19(5)18(12,3)4/h6-12H,1-5H3/q+1/t12-/m1/s1. The van der Waals surface area contributed by atoms with Crippen molar-refractivity contribution in [1.82, 2.24) is 0 Å². The Balaban J connectivity index is 2.44. The summed E-state index contributed by atoms with van der Waals surface area (Å²) in [5, 5.41) is 2.72. The SMILES string of the molecule is CC1=[N+](C)C(C)(C)[C@H](C)c2ccc3ccccc3c21. The van der Waals surface area contributed by atoms with Gasteiger partial charge in [-0.1, -0.05) is 43.3 Å². The molecule has 0 bridgehead atoms. The quantitative estimate of drug-likeness (QED) is 0.619. The number of rotatable bonds is 0. The van der Waals surface area contributed by atoms with E-state index in [0.717, 1.165) is 0 Å². The smallest absolute Gasteiger partial charge is 0.181 e. The van der Waals surface area contributed by atoms with Gasteiger partial charge in [0.1, 0.15) is 7.05 Å². The van der Waals surface area contributed by atoms with Crippen LogP contribution in [-0.4, -0.2) is 22.9 Å². The van der Waals surface area contributed by atoms with E-state index in [0.29, 0.717) is 5.92 Å². The summed E-state index contributed by atoms with van der Waals surface area (Å²) in [5.41, 5.74) is 4.47. The van der Waals surface area contributed by atoms with E-state index >= 15 is 0 Å². The van der Waals surface area contributed by atoms with Gasteiger partial charge >= 0.3 is 0 Å². The first-order valence-corrected chi connectivity index (χ1v) is 7.04. The van der Waals surface area contributed by atoms with E-state index in [1.54, 1.807) is 0 Å². The van der Waals surface area contributed by atoms with Gasteiger partial charge in [0.2, 0.25) is 0 Å². The summed E-state index contributed by atoms with van der Waals surface area (Å²) < 4.78 is 2.44. The average molecular weight is 252 g/mol. The van der Waals surface area contributed by atoms with Gasteiger partial charge in [0.15, 0.2) is 11.3 Å². The molecule has 2 aromatic carbocycles. The molecule has 0 amide bonds. The Hall–Kier alpha value is -1.63. The van der Waals surface area contributed by atoms with E-state index < -0.39 is 0 Å². The van der Waals surface area contributed by atoms with Crippen LogP contribution in [0.2, 0.25) is 0 Å². The second-order valence-electron chi connectivity index (χ2n) is 6.27. The van der Waals surface area contributed by atoms with Gasteiger partial charge in [0.25, 0.3) is 0 Å². The van der Waals surface area contributed by atoms with Gasteiger partial charge in [-0.2, -0.15) is 0 Å². The molecular weight excluding hydrogens is 230 g/mol. The normalized spacial score (nSPS) is 21.6. The molecule has 1 heterocycles. The highest BCUT2D eigenvalue weighted by Crippen LogP contribution is 2.39. The average Bonchev–Trinajstić information content (AvgIpc) is 2.42. The second kappa shape index (κ2) is 3.93. The predicted molar refractivity (Wildman–Crippen MR) is 82.4 cm³/mol. The maximum atomic E-state index is 2.44. The molecule has 19 heavy (non-hydrogen) atoms. The minimum atomic E-state index is 0.166. The molecule has 2 aromatic rings. The van der Waals surface area contributed by atoms with Crippen LogP contribution in [0.3, 0.4) is 0 Å². The van der Waals surface area contributed by atoms with E-state index in [4.69, 9.17) is 0 Å². The van der Waals surface area contributed by atoms with Crippen LogP contribution in [0.5, 0.6) is 0 Å². The fourth-order valence-corrected chi connectivity index (χ4v) is 3.32. The van der Waals surface area contributed by atoms with Gasteiger partial charge in [-0.25, -0.2) is 4.58 Å². The van der Waals surface area contributed by atoms with E-state index in [2.05, 4.69) is 75.7 Å². The highest BCUT2D eigenvalue weighted by Gasteiger charge is 2.42. The zero-order valence-electron chi connectivity index (χ0n) is 12.5. The third-order valence-electron chi connectivity index (χ3n) is 5.22. The number of hydrogen-bond donors (Lipinski definition) is 0. The van der Waals surface area contributed by atoms with Crippen molar-refractivity contribution >= 4 is 16.5 Å². The van der Waals surface area contributed by atoms with Crippen LogP contribution in [0.4, 0.5) is 0 Å². The Bertz CT molecular complexity index is 692. The van der Waals surface area contributed by atoms with Crippen molar-refractivity contribution in [2.45, 2.75) is 39.2 Å². The molecule has 1 heteroatoms. The van der Waals surface area contributed by atoms with Gasteiger partial charge in [-0.3, -0.25) is 0 Å². The highest BCUT2D eigenvalue weighted by atomic mass is 15.1. The lowest BCUT2D eigenvalue weighted by molar-refractivity contribution is -0.581. The monoisotopic (exact) mass is 252 g/mol. The Kier molecular flexibility index (Phi) is 2.57. The predicted octanol–water partition coefficient (Wildman–Crippen LogP) is 4.19. The van der Waals surface area contributed by atoms with Crippen molar-refractivity contribution in [1.29, 1.82) is 0 Å². The molecule has 0 N–H and O–H groups in total. The summed E-state index contributed by atoms with van der Waals surface area (Å²) in [6.45, 7) is 9.26. The first-order valence-electron chi connectivity index (χ1n) is 7.04. The number of nitrogens with zero attached hydrogens (tertiary/aromatic N) is 1. The van der Waals surface area contributed by atoms with Crippen LogP contribution in [0, 0.1) is 0 Å². The zero-order valence-corrected chi connectivity index (χ0v) is 12.5. The lowest BCUT2D eigenvalue weighted by atomic mass is 9.76. The molecule has 1 aliphatic heterocycles. The molecule has 0 saturated heterocycles. The van der Waals surface area contributed by atoms with Crippen molar-refractivity contribution in [3.63, 3.8) is 0 Å². The molecule has 1 nitrogen and oxygen atoms in total. The Labute approximate surface area is 115 Å². The Morgan fingerprint density at radius 2 is 1.74 bits per heavy atom. The number of fused-ring (bicyclic) bond motifs is 3. The molecule has 0 aliphatic carbocycles. The number of benzene rings is 2. The lowest BCUT2D eigenvalue weighted by Gasteiger charge is -2.35. The minimum Gasteiger partial charge on any atom is -0.231 e. The summed E-state index contributed by atoms with van der Waals surface area (Å²) in [7, 11) is 2.22. The summed E-state index contributed by atoms with van der Waals surface area (Å²) in [6, 6.07) is 13.3. The summed E-state index contributed by atoms with van der Waals surface area (Å²) in [4.78, 5) is 0. The molecule has 0 saturated carbocycles. The van der Waals surface area contributed by atoms with Crippen LogP contribution >= 0.6 is 0 Å². The van der Waals surface area contributed by atoms with Gasteiger partial charge in [0.05, 0.1) is 5.56 Å². The highest BCUT2D eigenvalue weighted by molar-refractivity contribution is 6.09. The molecule has 3 rings (SSSR count). The molecule has 0 unspecified atom stereocenters. The molecule has 0 spiro atoms. The molecule has 0 radical (unpaired) electrons. The zero-order chi connectivity index (χ0) is 13.8. The molecule has 0 fully saturated rings. The largest absolute Gasteiger partial charge is 0.231 e. The van der Waals surface area contributed by atoms with Gasteiger partial charge in [-0.15, -0.1) is 0 Å². The van der Waals surface area contributed by atoms with Crippen LogP contribution in [-0.2, 0) is 0 Å². The van der Waals surface area contributed by atoms with Crippen molar-refractivity contribution in [2.24, 2.45) is 0 Å². The molecule has 1 aliphatic rings. The van der Waals surface area contributed by atoms with E-state index in [1.807, 2.05) is 0 Å². The summed E-state index contributed by atoms with van der Waals surface area (Å²) in [5.74, 6) is 0.529. The molecule has 0 aromatic heterocycles. The Morgan fingerprint density at radius 1 is 1.05 bits per heavy atom. The summed E-state index contributed by atoms with van der Waals surface area (Å²) >= 11 is 0. The van der Waals surface area contributed by atoms with Gasteiger partial charge < -0.3 is 0 Å². The lowest BCUT2D eigenvalue weighted by Crippen LogP contribution is -2.45. The summed E-state index contributed by atoms with van der Waals surface area (Å²) in [6.07, 6.45) is 0. The third-order valence-corrected chi connectivity index (χ3v) is 5.22. The van der Waals surface area contributed by atoms with E-state index in [1.165, 1.54) is 27.6 Å². The maximum Gasteiger partial charge on any atom is 0.181 e. The van der Waals surface area contributed by atoms with Crippen LogP contribution in [0.15, 0.2) is 36.4 Å². The maximum absolute atomic E-state index is 2.44. The minimum absolute atomic E-state index is 0.166. The first-order chi connectivity index (χ1) is 8.94. The van der Waals surface area contributed by atoms with Crippen molar-refractivity contribution < 1.29 is 4.58 Å². The fraction of sp³-hybridized carbons (Fsp3) is 0.389. The molecule has 1 atom stereocenters. The van der Waals surface area contributed by atoms with Gasteiger partial charge in [0, 0.05) is 26.7 Å². The van der Waals surface area contributed by atoms with Crippen molar-refractivity contribution in [2.75, 3.05) is 7.05 Å². The van der Waals surface area contributed by atoms with E-state index in [-0.39, 0.29) is 5.54 Å². The van der Waals surface area contributed by atoms with Crippen LogP contribution in [0.1, 0.15) is 44.7 Å². The van der Waals surface area contributed by atoms with Crippen molar-refractivity contribution in [3.8, 4) is 0 Å². The Morgan fingerprint density at radius 3 is 2.47 bits per heavy atom. The molecule has 98 valence electrons. The topological polar surface area (TPSA) is 3.01 Å². The first kappa shape index (κ1) is 12.4. The van der Waals surface area contributed by atoms with Crippen LogP contribution in [0.25, 0.3) is 10.8 Å². The number of likely N-dealkylation sites (N-methyl/N-ethyl adjacent to an activating group) is 1. The number of hydrogen-bond acceptors (Lipinski definition) is 0.